The molecule has 5 nitrogen and oxygen atoms in total. The van der Waals surface area contributed by atoms with Gasteiger partial charge >= 0.3 is 11.8 Å². The van der Waals surface area contributed by atoms with Crippen molar-refractivity contribution in [2.45, 2.75) is 26.4 Å². The number of nitrogens with one attached hydrogen (secondary N) is 1. The summed E-state index contributed by atoms with van der Waals surface area (Å²) >= 11 is 0. The molecular weight excluding hydrogens is 266 g/mol. The molecule has 1 atom stereocenters. The lowest BCUT2D eigenvalue weighted by atomic mass is 10.0. The number of hydrogen-bond donors (Lipinski definition) is 1. The first-order chi connectivity index (χ1) is 10.0. The summed E-state index contributed by atoms with van der Waals surface area (Å²) in [6, 6.07) is 6.38. The highest BCUT2D eigenvalue weighted by molar-refractivity contribution is 6.35. The molecule has 1 unspecified atom stereocenters. The van der Waals surface area contributed by atoms with Gasteiger partial charge in [0.05, 0.1) is 6.04 Å². The maximum absolute atomic E-state index is 12.3. The number of hydrogen-bond acceptors (Lipinski definition) is 3. The molecule has 2 saturated heterocycles. The molecule has 1 aromatic carbocycles. The van der Waals surface area contributed by atoms with Crippen molar-refractivity contribution in [3.05, 3.63) is 34.9 Å². The number of piperazine rings is 2. The van der Waals surface area contributed by atoms with Gasteiger partial charge in [0.2, 0.25) is 0 Å². The van der Waals surface area contributed by atoms with Gasteiger partial charge in [0.25, 0.3) is 0 Å². The van der Waals surface area contributed by atoms with Crippen LogP contribution in [0.15, 0.2) is 18.2 Å². The van der Waals surface area contributed by atoms with Crippen LogP contribution in [0.4, 0.5) is 0 Å². The largest absolute Gasteiger partial charge is 0.328 e. The Morgan fingerprint density at radius 1 is 1.14 bits per heavy atom. The van der Waals surface area contributed by atoms with Gasteiger partial charge in [0.15, 0.2) is 0 Å². The van der Waals surface area contributed by atoms with Gasteiger partial charge in [0.1, 0.15) is 0 Å². The number of fused-ring (bicyclic) bond motifs is 1. The third-order valence-corrected chi connectivity index (χ3v) is 4.17. The Hall–Kier alpha value is -1.88. The number of aryl methyl sites for hydroxylation is 2. The quantitative estimate of drug-likeness (QED) is 0.803. The highest BCUT2D eigenvalue weighted by Crippen LogP contribution is 2.18. The predicted molar refractivity (Wildman–Crippen MR) is 79.7 cm³/mol. The van der Waals surface area contributed by atoms with E-state index in [1.165, 1.54) is 11.1 Å². The Kier molecular flexibility index (Phi) is 3.68. The molecule has 2 heterocycles. The van der Waals surface area contributed by atoms with Crippen LogP contribution < -0.4 is 5.32 Å². The van der Waals surface area contributed by atoms with Crippen LogP contribution >= 0.6 is 0 Å². The number of amides is 2. The lowest BCUT2D eigenvalue weighted by molar-refractivity contribution is -0.160. The Labute approximate surface area is 124 Å². The fourth-order valence-electron chi connectivity index (χ4n) is 3.30. The average molecular weight is 287 g/mol. The minimum absolute atomic E-state index is 0.106. The topological polar surface area (TPSA) is 52.6 Å². The van der Waals surface area contributed by atoms with E-state index in [1.54, 1.807) is 9.80 Å². The van der Waals surface area contributed by atoms with Crippen LogP contribution in [0, 0.1) is 13.8 Å². The Morgan fingerprint density at radius 2 is 1.86 bits per heavy atom. The van der Waals surface area contributed by atoms with E-state index in [9.17, 15) is 9.59 Å². The monoisotopic (exact) mass is 287 g/mol. The Balaban J connectivity index is 1.78. The van der Waals surface area contributed by atoms with Crippen molar-refractivity contribution in [3.63, 3.8) is 0 Å². The molecule has 1 N–H and O–H groups in total. The van der Waals surface area contributed by atoms with Gasteiger partial charge in [-0.1, -0.05) is 29.3 Å². The summed E-state index contributed by atoms with van der Waals surface area (Å²) in [5.74, 6) is -0.718. The van der Waals surface area contributed by atoms with Gasteiger partial charge in [-0.2, -0.15) is 0 Å². The molecule has 1 aromatic rings. The lowest BCUT2D eigenvalue weighted by Gasteiger charge is -2.43. The molecule has 2 aliphatic heterocycles. The van der Waals surface area contributed by atoms with Gasteiger partial charge in [0, 0.05) is 32.7 Å². The van der Waals surface area contributed by atoms with Crippen molar-refractivity contribution in [1.29, 1.82) is 0 Å². The van der Waals surface area contributed by atoms with Crippen LogP contribution in [-0.4, -0.2) is 53.8 Å². The van der Waals surface area contributed by atoms with Crippen molar-refractivity contribution in [2.75, 3.05) is 26.2 Å². The third-order valence-electron chi connectivity index (χ3n) is 4.17. The van der Waals surface area contributed by atoms with Crippen molar-refractivity contribution >= 4 is 11.8 Å². The molecule has 2 amide bonds. The maximum Gasteiger partial charge on any atom is 0.312 e. The molecule has 21 heavy (non-hydrogen) atoms. The van der Waals surface area contributed by atoms with Gasteiger partial charge < -0.3 is 15.1 Å². The third kappa shape index (κ3) is 2.78. The van der Waals surface area contributed by atoms with E-state index in [0.717, 1.165) is 18.7 Å². The van der Waals surface area contributed by atoms with E-state index in [0.29, 0.717) is 19.6 Å². The second-order valence-corrected chi connectivity index (χ2v) is 6.04. The Morgan fingerprint density at radius 3 is 2.57 bits per heavy atom. The molecule has 0 aromatic heterocycles. The molecule has 0 aliphatic carbocycles. The van der Waals surface area contributed by atoms with E-state index >= 15 is 0 Å². The van der Waals surface area contributed by atoms with E-state index in [-0.39, 0.29) is 17.9 Å². The zero-order chi connectivity index (χ0) is 15.0. The summed E-state index contributed by atoms with van der Waals surface area (Å²) in [5, 5.41) is 3.29. The molecule has 0 spiro atoms. The van der Waals surface area contributed by atoms with Crippen molar-refractivity contribution < 1.29 is 9.59 Å². The normalized spacial score (nSPS) is 22.5. The summed E-state index contributed by atoms with van der Waals surface area (Å²) in [6.07, 6.45) is 0. The van der Waals surface area contributed by atoms with E-state index in [1.807, 2.05) is 13.8 Å². The fourth-order valence-corrected chi connectivity index (χ4v) is 3.30. The first-order valence-electron chi connectivity index (χ1n) is 7.42. The zero-order valence-corrected chi connectivity index (χ0v) is 12.6. The fraction of sp³-hybridized carbons (Fsp3) is 0.500. The molecule has 112 valence electrons. The summed E-state index contributed by atoms with van der Waals surface area (Å²) in [7, 11) is 0. The molecule has 3 rings (SSSR count). The van der Waals surface area contributed by atoms with E-state index in [4.69, 9.17) is 0 Å². The van der Waals surface area contributed by atoms with Crippen molar-refractivity contribution in [1.82, 2.24) is 15.1 Å². The molecule has 5 heteroatoms. The van der Waals surface area contributed by atoms with Gasteiger partial charge in [-0.25, -0.2) is 0 Å². The first kappa shape index (κ1) is 14.1. The highest BCUT2D eigenvalue weighted by Gasteiger charge is 2.39. The standard InChI is InChI=1S/C16H21N3O2/c1-11-5-12(2)7-13(6-11)9-18-10-14-8-17-3-4-19(14)16(21)15(18)20/h5-7,14,17H,3-4,8-10H2,1-2H3. The van der Waals surface area contributed by atoms with Crippen LogP contribution in [-0.2, 0) is 16.1 Å². The van der Waals surface area contributed by atoms with Crippen LogP contribution in [0.2, 0.25) is 0 Å². The maximum atomic E-state index is 12.3. The summed E-state index contributed by atoms with van der Waals surface area (Å²) in [6.45, 7) is 7.39. The molecule has 0 radical (unpaired) electrons. The zero-order valence-electron chi connectivity index (χ0n) is 12.6. The number of nitrogens with zero attached hydrogens (tertiary/aromatic N) is 2. The van der Waals surface area contributed by atoms with Crippen LogP contribution in [0.3, 0.4) is 0 Å². The smallest absolute Gasteiger partial charge is 0.312 e. The van der Waals surface area contributed by atoms with Crippen molar-refractivity contribution in [2.24, 2.45) is 0 Å². The minimum Gasteiger partial charge on any atom is -0.328 e. The van der Waals surface area contributed by atoms with Gasteiger partial charge in [-0.05, 0) is 19.4 Å². The predicted octanol–water partition coefficient (Wildman–Crippen LogP) is 0.446. The van der Waals surface area contributed by atoms with Crippen LogP contribution in [0.25, 0.3) is 0 Å². The van der Waals surface area contributed by atoms with Gasteiger partial charge in [-0.3, -0.25) is 9.59 Å². The number of carbonyl (C=O) groups excluding carboxylic acids is 2. The average Bonchev–Trinajstić information content (AvgIpc) is 2.43. The molecule has 0 saturated carbocycles. The van der Waals surface area contributed by atoms with E-state index in [2.05, 4.69) is 23.5 Å². The number of benzene rings is 1. The lowest BCUT2D eigenvalue weighted by Crippen LogP contribution is -2.65. The molecular formula is C16H21N3O2. The second-order valence-electron chi connectivity index (χ2n) is 6.04. The first-order valence-corrected chi connectivity index (χ1v) is 7.42. The molecule has 0 bridgehead atoms. The minimum atomic E-state index is -0.368. The summed E-state index contributed by atoms with van der Waals surface area (Å²) in [4.78, 5) is 27.9. The van der Waals surface area contributed by atoms with Gasteiger partial charge in [-0.15, -0.1) is 0 Å². The van der Waals surface area contributed by atoms with Crippen LogP contribution in [0.1, 0.15) is 16.7 Å². The highest BCUT2D eigenvalue weighted by atomic mass is 16.2. The molecule has 2 aliphatic rings. The van der Waals surface area contributed by atoms with Crippen molar-refractivity contribution in [3.8, 4) is 0 Å². The van der Waals surface area contributed by atoms with Crippen LogP contribution in [0.5, 0.6) is 0 Å². The van der Waals surface area contributed by atoms with E-state index < -0.39 is 0 Å². The number of carbonyl (C=O) groups is 2. The summed E-state index contributed by atoms with van der Waals surface area (Å²) < 4.78 is 0. The second kappa shape index (κ2) is 5.48. The summed E-state index contributed by atoms with van der Waals surface area (Å²) in [5.41, 5.74) is 3.45. The SMILES string of the molecule is Cc1cc(C)cc(CN2CC3CNCCN3C(=O)C2=O)c1. The molecule has 2 fully saturated rings. The Bertz CT molecular complexity index is 565. The number of rotatable bonds is 2.